The molecule has 0 radical (unpaired) electrons. The Labute approximate surface area is 514 Å². The topological polar surface area (TPSA) is 354 Å². The maximum atomic E-state index is 13.7. The molecule has 7 rings (SSSR count). The molecule has 0 aromatic heterocycles. The Hall–Kier alpha value is -8.41. The van der Waals surface area contributed by atoms with Crippen LogP contribution in [0.4, 0.5) is 0 Å². The van der Waals surface area contributed by atoms with E-state index in [4.69, 9.17) is 51.0 Å². The number of nitrogens with zero attached hydrogens (tertiary/aromatic N) is 3. The lowest BCUT2D eigenvalue weighted by molar-refractivity contribution is -0.277. The quantitative estimate of drug-likeness (QED) is 0.0152. The van der Waals surface area contributed by atoms with E-state index < -0.39 is 86.9 Å². The van der Waals surface area contributed by atoms with Crippen LogP contribution in [0.1, 0.15) is 54.2 Å². The van der Waals surface area contributed by atoms with Gasteiger partial charge in [-0.25, -0.2) is 13.4 Å². The van der Waals surface area contributed by atoms with Gasteiger partial charge in [0.25, 0.3) is 11.8 Å². The van der Waals surface area contributed by atoms with Crippen LogP contribution >= 0.6 is 0 Å². The average Bonchev–Trinajstić information content (AvgIpc) is 1.92. The summed E-state index contributed by atoms with van der Waals surface area (Å²) in [6.07, 6.45) is -5.50. The number of aryl methyl sites for hydroxylation is 1. The Morgan fingerprint density at radius 1 is 0.663 bits per heavy atom. The van der Waals surface area contributed by atoms with E-state index >= 15 is 0 Å². The van der Waals surface area contributed by atoms with Gasteiger partial charge in [-0.2, -0.15) is 5.11 Å². The monoisotopic (exact) mass is 1280 g/mol. The van der Waals surface area contributed by atoms with Gasteiger partial charge in [0, 0.05) is 35.7 Å². The SMILES string of the molecule is COc1ccc(/C=C\c2cc(OC)c(OC)c(OC)c2)cc1OS(=O)(=O)Oc1cc(C(=O)NCCOCCOCCOCCN2C#CC(NC(=O)c3ccc(C(=O)CCS(=O)(=O)c4ccc(C)cc4)cc3)CN=N2)ccc1OC1O[C@H](CO)[C@H](O)[C@H](O)[C@H]1O. The summed E-state index contributed by atoms with van der Waals surface area (Å²) in [4.78, 5) is 39.3. The van der Waals surface area contributed by atoms with Gasteiger partial charge in [-0.3, -0.25) is 14.4 Å². The van der Waals surface area contributed by atoms with E-state index in [0.717, 1.165) is 17.7 Å². The minimum atomic E-state index is -5.13. The number of ketones is 1. The van der Waals surface area contributed by atoms with Crippen molar-refractivity contribution in [3.63, 3.8) is 0 Å². The van der Waals surface area contributed by atoms with Crippen LogP contribution in [0.15, 0.2) is 112 Å². The summed E-state index contributed by atoms with van der Waals surface area (Å²) >= 11 is 0. The number of carbonyl (C=O) groups is 3. The Balaban J connectivity index is 0.836. The summed E-state index contributed by atoms with van der Waals surface area (Å²) in [5.74, 6) is 0.868. The number of nitrogens with one attached hydrogen (secondary N) is 2. The van der Waals surface area contributed by atoms with Crippen molar-refractivity contribution in [2.24, 2.45) is 10.3 Å². The van der Waals surface area contributed by atoms with Crippen molar-refractivity contribution in [3.05, 3.63) is 130 Å². The molecule has 0 aliphatic carbocycles. The molecule has 1 fully saturated rings. The number of amides is 2. The second kappa shape index (κ2) is 32.7. The summed E-state index contributed by atoms with van der Waals surface area (Å²) < 4.78 is 113. The van der Waals surface area contributed by atoms with Crippen molar-refractivity contribution >= 4 is 50.0 Å². The molecule has 2 heterocycles. The predicted molar refractivity (Wildman–Crippen MR) is 318 cm³/mol. The smallest absolute Gasteiger partial charge is 0.493 e. The molecule has 5 aromatic carbocycles. The van der Waals surface area contributed by atoms with Crippen molar-refractivity contribution in [2.45, 2.75) is 55.0 Å². The van der Waals surface area contributed by atoms with Crippen LogP contribution in [0.2, 0.25) is 0 Å². The molecule has 6 atom stereocenters. The molecule has 27 nitrogen and oxygen atoms in total. The van der Waals surface area contributed by atoms with Crippen molar-refractivity contribution < 1.29 is 103 Å². The molecule has 0 saturated carbocycles. The minimum Gasteiger partial charge on any atom is -0.493 e. The third-order valence-electron chi connectivity index (χ3n) is 13.3. The number of hydrogen-bond acceptors (Lipinski definition) is 25. The van der Waals surface area contributed by atoms with Crippen molar-refractivity contribution in [1.29, 1.82) is 0 Å². The average molecular weight is 1280 g/mol. The molecule has 0 spiro atoms. The summed E-state index contributed by atoms with van der Waals surface area (Å²) in [5.41, 5.74) is 2.43. The zero-order chi connectivity index (χ0) is 64.1. The summed E-state index contributed by atoms with van der Waals surface area (Å²) in [6.45, 7) is 2.49. The van der Waals surface area contributed by atoms with Crippen molar-refractivity contribution in [2.75, 3.05) is 100 Å². The van der Waals surface area contributed by atoms with Gasteiger partial charge in [-0.05, 0) is 84.8 Å². The standard InChI is InChI=1S/C60H69N5O22S2/c1-38-6-16-45(17-7-38)88(73,74)31-21-46(67)41-11-13-42(14-12-41)59(72)63-44-20-23-65(64-62-36-44)24-26-82-28-30-83-29-27-81-25-22-61-58(71)43-15-19-48(84-60-56(70)55(69)54(68)53(37-66)85-60)50(35-43)87-89(75,76)86-49-32-39(10-18-47(49)77-2)8-9-40-33-51(78-3)57(80-5)52(34-40)79-4/h6-19,32-35,44,53-56,60,66,68-70H,21-22,24-31,36-37H2,1-5H3,(H,61,71)(H,63,72)/b9-8-/t44?,53-,54+,55+,56-,60?/m1/s1. The highest BCUT2D eigenvalue weighted by Crippen LogP contribution is 2.40. The molecule has 2 aliphatic rings. The summed E-state index contributed by atoms with van der Waals surface area (Å²) in [6, 6.07) is 25.7. The van der Waals surface area contributed by atoms with Gasteiger partial charge in [0.15, 0.2) is 50.1 Å². The molecular weight excluding hydrogens is 1210 g/mol. The number of aliphatic hydroxyl groups is 4. The van der Waals surface area contributed by atoms with E-state index in [2.05, 4.69) is 32.9 Å². The highest BCUT2D eigenvalue weighted by Gasteiger charge is 2.45. The first kappa shape index (κ1) is 68.1. The van der Waals surface area contributed by atoms with Crippen LogP contribution in [-0.4, -0.2) is 197 Å². The van der Waals surface area contributed by atoms with E-state index in [1.165, 1.54) is 88.0 Å². The molecule has 0 bridgehead atoms. The van der Waals surface area contributed by atoms with Crippen molar-refractivity contribution in [3.8, 4) is 52.2 Å². The number of carbonyl (C=O) groups excluding carboxylic acids is 3. The lowest BCUT2D eigenvalue weighted by atomic mass is 9.99. The molecule has 2 unspecified atom stereocenters. The van der Waals surface area contributed by atoms with E-state index in [1.54, 1.807) is 42.5 Å². The highest BCUT2D eigenvalue weighted by molar-refractivity contribution is 7.91. The number of Topliss-reactive ketones (excluding diaryl/α,β-unsaturated/α-hetero) is 1. The van der Waals surface area contributed by atoms with Gasteiger partial charge in [0.05, 0.1) is 98.4 Å². The molecular formula is C60H69N5O22S2. The zero-order valence-electron chi connectivity index (χ0n) is 49.1. The molecule has 6 N–H and O–H groups in total. The Morgan fingerprint density at radius 2 is 1.26 bits per heavy atom. The van der Waals surface area contributed by atoms with Crippen LogP contribution in [0.25, 0.3) is 12.2 Å². The van der Waals surface area contributed by atoms with Crippen LogP contribution in [-0.2, 0) is 39.2 Å². The Kier molecular flexibility index (Phi) is 25.0. The first-order chi connectivity index (χ1) is 42.7. The number of hydrogen-bond donors (Lipinski definition) is 6. The first-order valence-corrected chi connectivity index (χ1v) is 30.6. The maximum absolute atomic E-state index is 13.7. The van der Waals surface area contributed by atoms with Crippen LogP contribution in [0.3, 0.4) is 0 Å². The van der Waals surface area contributed by atoms with E-state index in [1.807, 2.05) is 6.92 Å². The van der Waals surface area contributed by atoms with Gasteiger partial charge in [-0.1, -0.05) is 59.2 Å². The largest absolute Gasteiger partial charge is 0.501 e. The molecule has 5 aromatic rings. The normalized spacial score (nSPS) is 18.2. The number of sulfone groups is 1. The van der Waals surface area contributed by atoms with E-state index in [9.17, 15) is 51.6 Å². The lowest BCUT2D eigenvalue weighted by Crippen LogP contribution is -2.60. The highest BCUT2D eigenvalue weighted by atomic mass is 32.3. The van der Waals surface area contributed by atoms with Gasteiger partial charge in [0.1, 0.15) is 30.5 Å². The number of aliphatic hydroxyl groups excluding tert-OH is 4. The number of benzene rings is 5. The number of ether oxygens (including phenoxy) is 9. The third kappa shape index (κ3) is 19.5. The summed E-state index contributed by atoms with van der Waals surface area (Å²) in [5, 5.41) is 56.1. The predicted octanol–water partition coefficient (Wildman–Crippen LogP) is 3.35. The van der Waals surface area contributed by atoms with Crippen LogP contribution in [0, 0.1) is 18.9 Å². The third-order valence-corrected chi connectivity index (χ3v) is 15.8. The molecule has 89 heavy (non-hydrogen) atoms. The molecule has 478 valence electrons. The van der Waals surface area contributed by atoms with Crippen molar-refractivity contribution in [1.82, 2.24) is 15.6 Å². The van der Waals surface area contributed by atoms with Gasteiger partial charge >= 0.3 is 10.4 Å². The second-order valence-corrected chi connectivity index (χ2v) is 22.8. The van der Waals surface area contributed by atoms with Crippen LogP contribution in [0.5, 0.6) is 40.2 Å². The van der Waals surface area contributed by atoms with E-state index in [-0.39, 0.29) is 110 Å². The lowest BCUT2D eigenvalue weighted by Gasteiger charge is -2.39. The summed E-state index contributed by atoms with van der Waals surface area (Å²) in [7, 11) is -3.06. The fourth-order valence-electron chi connectivity index (χ4n) is 8.50. The van der Waals surface area contributed by atoms with Gasteiger partial charge in [0.2, 0.25) is 12.0 Å². The zero-order valence-corrected chi connectivity index (χ0v) is 50.8. The van der Waals surface area contributed by atoms with E-state index in [0.29, 0.717) is 28.4 Å². The second-order valence-electron chi connectivity index (χ2n) is 19.5. The molecule has 2 amide bonds. The molecule has 2 aliphatic heterocycles. The Morgan fingerprint density at radius 3 is 1.91 bits per heavy atom. The number of methoxy groups -OCH3 is 4. The first-order valence-electron chi connectivity index (χ1n) is 27.6. The molecule has 1 saturated heterocycles. The van der Waals surface area contributed by atoms with Crippen LogP contribution < -0.4 is 42.7 Å². The number of rotatable bonds is 33. The maximum Gasteiger partial charge on any atom is 0.501 e. The fraction of sp³-hybridized carbons (Fsp3) is 0.383. The van der Waals surface area contributed by atoms with Gasteiger partial charge in [-0.15, -0.1) is 8.42 Å². The van der Waals surface area contributed by atoms with Gasteiger partial charge < -0.3 is 82.1 Å². The molecule has 29 heteroatoms. The minimum absolute atomic E-state index is 0.00245. The fourth-order valence-corrected chi connectivity index (χ4v) is 10.5. The Bertz CT molecular complexity index is 3550.